The van der Waals surface area contributed by atoms with Crippen molar-refractivity contribution in [2.75, 3.05) is 50.6 Å². The number of nitro benzene ring substituents is 1. The van der Waals surface area contributed by atoms with E-state index in [-0.39, 0.29) is 23.4 Å². The molecule has 1 saturated heterocycles. The van der Waals surface area contributed by atoms with Gasteiger partial charge in [-0.05, 0) is 25.1 Å². The topological polar surface area (TPSA) is 98.4 Å². The molecule has 0 bridgehead atoms. The van der Waals surface area contributed by atoms with Crippen molar-refractivity contribution in [1.29, 1.82) is 0 Å². The number of nitrogens with zero attached hydrogens (tertiary/aromatic N) is 2. The van der Waals surface area contributed by atoms with Crippen LogP contribution in [0.5, 0.6) is 11.5 Å². The summed E-state index contributed by atoms with van der Waals surface area (Å²) in [6, 6.07) is 11.8. The predicted octanol–water partition coefficient (Wildman–Crippen LogP) is 1.34. The fraction of sp³-hybridized carbons (Fsp3) is 0.381. The van der Waals surface area contributed by atoms with Gasteiger partial charge in [0.05, 0.1) is 62.8 Å². The Bertz CT molecular complexity index is 912. The summed E-state index contributed by atoms with van der Waals surface area (Å²) in [5, 5.41) is 13.8. The van der Waals surface area contributed by atoms with Gasteiger partial charge in [-0.25, -0.2) is 0 Å². The van der Waals surface area contributed by atoms with Crippen molar-refractivity contribution in [3.8, 4) is 11.5 Å². The maximum atomic E-state index is 12.8. The van der Waals surface area contributed by atoms with Gasteiger partial charge in [-0.2, -0.15) is 0 Å². The Morgan fingerprint density at radius 1 is 1.13 bits per heavy atom. The molecule has 0 unspecified atom stereocenters. The number of rotatable bonds is 7. The van der Waals surface area contributed by atoms with Crippen molar-refractivity contribution in [2.45, 2.75) is 13.0 Å². The van der Waals surface area contributed by atoms with E-state index in [0.29, 0.717) is 5.69 Å². The molecule has 1 amide bonds. The second kappa shape index (κ2) is 9.45. The number of ether oxygens (including phenoxy) is 2. The van der Waals surface area contributed by atoms with Gasteiger partial charge in [-0.1, -0.05) is 12.1 Å². The second-order valence-electron chi connectivity index (χ2n) is 7.17. The summed E-state index contributed by atoms with van der Waals surface area (Å²) in [5.41, 5.74) is 1.40. The highest BCUT2D eigenvalue weighted by molar-refractivity contribution is 5.95. The van der Waals surface area contributed by atoms with Crippen molar-refractivity contribution < 1.29 is 24.1 Å². The Morgan fingerprint density at radius 3 is 2.43 bits per heavy atom. The first-order chi connectivity index (χ1) is 14.4. The van der Waals surface area contributed by atoms with Gasteiger partial charge in [0.2, 0.25) is 0 Å². The smallest absolute Gasteiger partial charge is 0.282 e. The number of benzene rings is 2. The first-order valence-corrected chi connectivity index (χ1v) is 9.80. The monoisotopic (exact) mass is 415 g/mol. The molecule has 0 aliphatic carbocycles. The van der Waals surface area contributed by atoms with E-state index in [4.69, 9.17) is 9.47 Å². The lowest BCUT2D eigenvalue weighted by Crippen LogP contribution is -3.19. The van der Waals surface area contributed by atoms with Crippen molar-refractivity contribution >= 4 is 23.0 Å². The first-order valence-electron chi connectivity index (χ1n) is 9.80. The summed E-state index contributed by atoms with van der Waals surface area (Å²) in [6.07, 6.45) is 0. The van der Waals surface area contributed by atoms with E-state index >= 15 is 0 Å². The number of hydrogen-bond acceptors (Lipinski definition) is 6. The molecule has 1 aliphatic heterocycles. The number of quaternary nitrogens is 1. The number of para-hydroxylation sites is 2. The van der Waals surface area contributed by atoms with Crippen LogP contribution in [0.15, 0.2) is 42.5 Å². The Labute approximate surface area is 175 Å². The molecular formula is C21H27N4O5+. The van der Waals surface area contributed by atoms with Crippen LogP contribution in [0.2, 0.25) is 0 Å². The molecule has 0 spiro atoms. The highest BCUT2D eigenvalue weighted by Gasteiger charge is 2.30. The lowest BCUT2D eigenvalue weighted by Gasteiger charge is -2.36. The van der Waals surface area contributed by atoms with Crippen LogP contribution in [0.3, 0.4) is 0 Å². The van der Waals surface area contributed by atoms with Crippen molar-refractivity contribution in [2.24, 2.45) is 0 Å². The zero-order chi connectivity index (χ0) is 21.7. The zero-order valence-electron chi connectivity index (χ0n) is 17.4. The molecule has 1 aliphatic rings. The summed E-state index contributed by atoms with van der Waals surface area (Å²) < 4.78 is 10.7. The first kappa shape index (κ1) is 21.4. The Balaban J connectivity index is 1.62. The largest absolute Gasteiger partial charge is 0.495 e. The normalized spacial score (nSPS) is 15.4. The second-order valence-corrected chi connectivity index (χ2v) is 7.17. The standard InChI is InChI=1S/C21H26N4O5/c1-15(21(26)22-17-9-8-16(25(27)28)14-20(17)30-3)23-10-12-24(13-11-23)18-6-4-5-7-19(18)29-2/h4-9,14-15H,10-13H2,1-3H3,(H,22,26)/p+1/t15-/m1/s1. The summed E-state index contributed by atoms with van der Waals surface area (Å²) in [4.78, 5) is 26.7. The molecule has 0 aromatic heterocycles. The molecule has 0 saturated carbocycles. The third-order valence-electron chi connectivity index (χ3n) is 5.49. The molecule has 1 fully saturated rings. The summed E-state index contributed by atoms with van der Waals surface area (Å²) in [6.45, 7) is 5.14. The third-order valence-corrected chi connectivity index (χ3v) is 5.49. The third kappa shape index (κ3) is 4.62. The van der Waals surface area contributed by atoms with Gasteiger partial charge in [-0.3, -0.25) is 14.9 Å². The van der Waals surface area contributed by atoms with Gasteiger partial charge >= 0.3 is 0 Å². The number of non-ortho nitro benzene ring substituents is 1. The minimum Gasteiger partial charge on any atom is -0.495 e. The van der Waals surface area contributed by atoms with Crippen LogP contribution in [-0.4, -0.2) is 57.3 Å². The summed E-state index contributed by atoms with van der Waals surface area (Å²) >= 11 is 0. The molecule has 1 atom stereocenters. The average Bonchev–Trinajstić information content (AvgIpc) is 2.78. The van der Waals surface area contributed by atoms with Crippen LogP contribution in [0.1, 0.15) is 6.92 Å². The van der Waals surface area contributed by atoms with Crippen molar-refractivity contribution in [3.63, 3.8) is 0 Å². The Kier molecular flexibility index (Phi) is 6.73. The average molecular weight is 415 g/mol. The van der Waals surface area contributed by atoms with E-state index in [1.54, 1.807) is 7.11 Å². The molecule has 160 valence electrons. The summed E-state index contributed by atoms with van der Waals surface area (Å²) in [7, 11) is 3.08. The van der Waals surface area contributed by atoms with Crippen LogP contribution in [-0.2, 0) is 4.79 Å². The maximum absolute atomic E-state index is 12.8. The van der Waals surface area contributed by atoms with Crippen molar-refractivity contribution in [1.82, 2.24) is 0 Å². The zero-order valence-corrected chi connectivity index (χ0v) is 17.4. The predicted molar refractivity (Wildman–Crippen MR) is 114 cm³/mol. The van der Waals surface area contributed by atoms with Gasteiger partial charge in [0.15, 0.2) is 6.04 Å². The lowest BCUT2D eigenvalue weighted by molar-refractivity contribution is -0.914. The number of nitrogens with one attached hydrogen (secondary N) is 2. The maximum Gasteiger partial charge on any atom is 0.282 e. The molecule has 2 N–H and O–H groups in total. The van der Waals surface area contributed by atoms with E-state index in [2.05, 4.69) is 10.2 Å². The molecule has 9 heteroatoms. The van der Waals surface area contributed by atoms with Crippen molar-refractivity contribution in [3.05, 3.63) is 52.6 Å². The number of amides is 1. The Hall–Kier alpha value is -3.33. The van der Waals surface area contributed by atoms with Gasteiger partial charge in [-0.15, -0.1) is 0 Å². The van der Waals surface area contributed by atoms with Gasteiger partial charge in [0.1, 0.15) is 11.5 Å². The molecule has 9 nitrogen and oxygen atoms in total. The molecule has 3 rings (SSSR count). The molecule has 30 heavy (non-hydrogen) atoms. The minimum atomic E-state index is -0.498. The number of nitro groups is 1. The van der Waals surface area contributed by atoms with Crippen LogP contribution in [0.25, 0.3) is 0 Å². The SMILES string of the molecule is COc1cc([N+](=O)[O-])ccc1NC(=O)[C@@H](C)[NH+]1CCN(c2ccccc2OC)CC1. The highest BCUT2D eigenvalue weighted by Crippen LogP contribution is 2.29. The van der Waals surface area contributed by atoms with Gasteiger partial charge in [0, 0.05) is 6.07 Å². The molecule has 2 aromatic rings. The fourth-order valence-electron chi connectivity index (χ4n) is 3.68. The number of methoxy groups -OCH3 is 2. The Morgan fingerprint density at radius 2 is 1.80 bits per heavy atom. The molecule has 1 heterocycles. The van der Waals surface area contributed by atoms with Crippen LogP contribution in [0, 0.1) is 10.1 Å². The number of carbonyl (C=O) groups excluding carboxylic acids is 1. The van der Waals surface area contributed by atoms with Gasteiger partial charge in [0.25, 0.3) is 11.6 Å². The summed E-state index contributed by atoms with van der Waals surface area (Å²) in [5.74, 6) is 0.959. The highest BCUT2D eigenvalue weighted by atomic mass is 16.6. The van der Waals surface area contributed by atoms with E-state index in [0.717, 1.165) is 37.6 Å². The van der Waals surface area contributed by atoms with E-state index in [9.17, 15) is 14.9 Å². The van der Waals surface area contributed by atoms with E-state index < -0.39 is 4.92 Å². The van der Waals surface area contributed by atoms with Gasteiger partial charge < -0.3 is 24.6 Å². The number of hydrogen-bond donors (Lipinski definition) is 2. The quantitative estimate of drug-likeness (QED) is 0.523. The van der Waals surface area contributed by atoms with E-state index in [1.807, 2.05) is 31.2 Å². The number of anilines is 2. The molecular weight excluding hydrogens is 388 g/mol. The van der Waals surface area contributed by atoms with Crippen LogP contribution < -0.4 is 24.6 Å². The molecule has 0 radical (unpaired) electrons. The number of piperazine rings is 1. The fourth-order valence-corrected chi connectivity index (χ4v) is 3.68. The van der Waals surface area contributed by atoms with E-state index in [1.165, 1.54) is 30.2 Å². The molecule has 2 aromatic carbocycles. The number of carbonyl (C=O) groups is 1. The van der Waals surface area contributed by atoms with Crippen LogP contribution in [0.4, 0.5) is 17.1 Å². The van der Waals surface area contributed by atoms with Crippen LogP contribution >= 0.6 is 0 Å². The lowest BCUT2D eigenvalue weighted by atomic mass is 10.1. The minimum absolute atomic E-state index is 0.0871.